The van der Waals surface area contributed by atoms with E-state index in [1.807, 2.05) is 0 Å². The second kappa shape index (κ2) is 3.64. The van der Waals surface area contributed by atoms with Gasteiger partial charge in [-0.1, -0.05) is 0 Å². The Morgan fingerprint density at radius 3 is 3.15 bits per heavy atom. The number of aliphatic hydroxyl groups is 1. The number of fused-ring (bicyclic) bond motifs is 1. The van der Waals surface area contributed by atoms with Gasteiger partial charge >= 0.3 is 0 Å². The number of hydrogen-bond acceptors (Lipinski definition) is 3. The maximum Gasteiger partial charge on any atom is 0.207 e. The summed E-state index contributed by atoms with van der Waals surface area (Å²) >= 11 is 0. The Bertz CT molecular complexity index is 198. The molecule has 2 fully saturated rings. The van der Waals surface area contributed by atoms with Crippen molar-refractivity contribution in [2.75, 3.05) is 13.1 Å². The lowest BCUT2D eigenvalue weighted by atomic mass is 9.96. The van der Waals surface area contributed by atoms with E-state index in [1.165, 1.54) is 6.42 Å². The van der Waals surface area contributed by atoms with Gasteiger partial charge < -0.3 is 10.4 Å². The van der Waals surface area contributed by atoms with Crippen LogP contribution in [0.5, 0.6) is 0 Å². The van der Waals surface area contributed by atoms with E-state index in [0.717, 1.165) is 25.9 Å². The van der Waals surface area contributed by atoms with Crippen molar-refractivity contribution < 1.29 is 9.90 Å². The molecule has 0 saturated carbocycles. The Hall–Kier alpha value is -0.610. The Morgan fingerprint density at radius 1 is 1.54 bits per heavy atom. The summed E-state index contributed by atoms with van der Waals surface area (Å²) in [6.07, 6.45) is 3.46. The smallest absolute Gasteiger partial charge is 0.207 e. The Kier molecular flexibility index (Phi) is 2.51. The van der Waals surface area contributed by atoms with Crippen LogP contribution in [0.4, 0.5) is 0 Å². The molecule has 3 atom stereocenters. The summed E-state index contributed by atoms with van der Waals surface area (Å²) in [5, 5.41) is 12.5. The Balaban J connectivity index is 1.97. The fraction of sp³-hybridized carbons (Fsp3) is 0.889. The topological polar surface area (TPSA) is 52.6 Å². The van der Waals surface area contributed by atoms with E-state index >= 15 is 0 Å². The zero-order chi connectivity index (χ0) is 9.26. The lowest BCUT2D eigenvalue weighted by molar-refractivity contribution is -0.111. The van der Waals surface area contributed by atoms with E-state index < -0.39 is 0 Å². The largest absolute Gasteiger partial charge is 0.391 e. The molecule has 13 heavy (non-hydrogen) atoms. The summed E-state index contributed by atoms with van der Waals surface area (Å²) < 4.78 is 0. The third-order valence-electron chi connectivity index (χ3n) is 3.14. The van der Waals surface area contributed by atoms with Gasteiger partial charge in [0.25, 0.3) is 0 Å². The maximum atomic E-state index is 10.3. The first-order chi connectivity index (χ1) is 6.31. The van der Waals surface area contributed by atoms with Gasteiger partial charge in [0.1, 0.15) is 0 Å². The number of rotatable bonds is 2. The van der Waals surface area contributed by atoms with Crippen LogP contribution in [0.15, 0.2) is 0 Å². The fourth-order valence-corrected chi connectivity index (χ4v) is 2.54. The van der Waals surface area contributed by atoms with Gasteiger partial charge in [-0.15, -0.1) is 0 Å². The molecule has 3 unspecified atom stereocenters. The molecule has 2 aliphatic rings. The second-order valence-electron chi connectivity index (χ2n) is 3.99. The summed E-state index contributed by atoms with van der Waals surface area (Å²) in [4.78, 5) is 12.5. The van der Waals surface area contributed by atoms with E-state index in [4.69, 9.17) is 0 Å². The van der Waals surface area contributed by atoms with Crippen LogP contribution < -0.4 is 5.32 Å². The number of aliphatic hydroxyl groups excluding tert-OH is 1. The van der Waals surface area contributed by atoms with Crippen LogP contribution in [0, 0.1) is 0 Å². The minimum Gasteiger partial charge on any atom is -0.391 e. The molecule has 4 heteroatoms. The summed E-state index contributed by atoms with van der Waals surface area (Å²) in [6.45, 7) is 1.97. The van der Waals surface area contributed by atoms with Gasteiger partial charge in [-0.05, 0) is 25.8 Å². The molecule has 2 heterocycles. The van der Waals surface area contributed by atoms with Crippen molar-refractivity contribution in [3.8, 4) is 0 Å². The number of amides is 1. The SMILES string of the molecule is O=CNC1CC(O)C2CCCN2C1. The number of hydrogen-bond donors (Lipinski definition) is 2. The van der Waals surface area contributed by atoms with Gasteiger partial charge in [-0.3, -0.25) is 9.69 Å². The minimum absolute atomic E-state index is 0.141. The molecule has 0 radical (unpaired) electrons. The molecule has 2 N–H and O–H groups in total. The summed E-state index contributed by atoms with van der Waals surface area (Å²) in [5.74, 6) is 0. The molecule has 0 aliphatic carbocycles. The van der Waals surface area contributed by atoms with Crippen LogP contribution in [-0.2, 0) is 4.79 Å². The first-order valence-electron chi connectivity index (χ1n) is 4.93. The predicted octanol–water partition coefficient (Wildman–Crippen LogP) is -0.670. The Morgan fingerprint density at radius 2 is 2.38 bits per heavy atom. The molecule has 2 saturated heterocycles. The van der Waals surface area contributed by atoms with Crippen molar-refractivity contribution in [1.82, 2.24) is 10.2 Å². The van der Waals surface area contributed by atoms with Gasteiger partial charge in [0, 0.05) is 18.6 Å². The van der Waals surface area contributed by atoms with Crippen LogP contribution in [0.1, 0.15) is 19.3 Å². The van der Waals surface area contributed by atoms with Crippen molar-refractivity contribution in [2.24, 2.45) is 0 Å². The standard InChI is InChI=1S/C9H16N2O2/c12-6-10-7-4-9(13)8-2-1-3-11(8)5-7/h6-9,13H,1-5H2,(H,10,12). The third-order valence-corrected chi connectivity index (χ3v) is 3.14. The van der Waals surface area contributed by atoms with E-state index in [2.05, 4.69) is 10.2 Å². The van der Waals surface area contributed by atoms with Crippen LogP contribution in [0.2, 0.25) is 0 Å². The van der Waals surface area contributed by atoms with Crippen LogP contribution in [-0.4, -0.2) is 47.7 Å². The molecule has 74 valence electrons. The van der Waals surface area contributed by atoms with Crippen LogP contribution in [0.3, 0.4) is 0 Å². The predicted molar refractivity (Wildman–Crippen MR) is 48.2 cm³/mol. The molecular weight excluding hydrogens is 168 g/mol. The number of carbonyl (C=O) groups excluding carboxylic acids is 1. The normalized spacial score (nSPS) is 39.9. The van der Waals surface area contributed by atoms with Gasteiger partial charge in [0.05, 0.1) is 6.10 Å². The van der Waals surface area contributed by atoms with Crippen molar-refractivity contribution in [3.63, 3.8) is 0 Å². The fourth-order valence-electron chi connectivity index (χ4n) is 2.54. The quantitative estimate of drug-likeness (QED) is 0.560. The molecule has 0 bridgehead atoms. The van der Waals surface area contributed by atoms with Crippen molar-refractivity contribution in [1.29, 1.82) is 0 Å². The highest BCUT2D eigenvalue weighted by atomic mass is 16.3. The van der Waals surface area contributed by atoms with E-state index in [9.17, 15) is 9.90 Å². The molecular formula is C9H16N2O2. The number of nitrogens with one attached hydrogen (secondary N) is 1. The van der Waals surface area contributed by atoms with Crippen molar-refractivity contribution in [3.05, 3.63) is 0 Å². The summed E-state index contributed by atoms with van der Waals surface area (Å²) in [6, 6.07) is 0.492. The molecule has 0 aromatic carbocycles. The number of piperidine rings is 1. The van der Waals surface area contributed by atoms with Crippen molar-refractivity contribution in [2.45, 2.75) is 37.5 Å². The van der Waals surface area contributed by atoms with Crippen LogP contribution in [0.25, 0.3) is 0 Å². The zero-order valence-electron chi connectivity index (χ0n) is 7.65. The lowest BCUT2D eigenvalue weighted by Gasteiger charge is -2.38. The third kappa shape index (κ3) is 1.69. The average molecular weight is 184 g/mol. The second-order valence-corrected chi connectivity index (χ2v) is 3.99. The molecule has 0 aromatic rings. The first-order valence-corrected chi connectivity index (χ1v) is 4.93. The van der Waals surface area contributed by atoms with E-state index in [1.54, 1.807) is 0 Å². The molecule has 2 rings (SSSR count). The molecule has 0 spiro atoms. The summed E-state index contributed by atoms with van der Waals surface area (Å²) in [7, 11) is 0. The highest BCUT2D eigenvalue weighted by Gasteiger charge is 2.37. The number of nitrogens with zero attached hydrogens (tertiary/aromatic N) is 1. The highest BCUT2D eigenvalue weighted by molar-refractivity contribution is 5.46. The van der Waals surface area contributed by atoms with Crippen molar-refractivity contribution >= 4 is 6.41 Å². The minimum atomic E-state index is -0.256. The average Bonchev–Trinajstić information content (AvgIpc) is 2.53. The monoisotopic (exact) mass is 184 g/mol. The lowest BCUT2D eigenvalue weighted by Crippen LogP contribution is -2.54. The molecule has 2 aliphatic heterocycles. The van der Waals surface area contributed by atoms with Gasteiger partial charge in [0.15, 0.2) is 0 Å². The first kappa shape index (κ1) is 8.97. The Labute approximate surface area is 77.9 Å². The maximum absolute atomic E-state index is 10.3. The van der Waals surface area contributed by atoms with Gasteiger partial charge in [-0.25, -0.2) is 0 Å². The van der Waals surface area contributed by atoms with E-state index in [0.29, 0.717) is 12.5 Å². The highest BCUT2D eigenvalue weighted by Crippen LogP contribution is 2.26. The molecule has 0 aromatic heterocycles. The van der Waals surface area contributed by atoms with E-state index in [-0.39, 0.29) is 12.1 Å². The molecule has 1 amide bonds. The number of carbonyl (C=O) groups is 1. The van der Waals surface area contributed by atoms with Gasteiger partial charge in [0.2, 0.25) is 6.41 Å². The zero-order valence-corrected chi connectivity index (χ0v) is 7.65. The molecule has 4 nitrogen and oxygen atoms in total. The van der Waals surface area contributed by atoms with Crippen LogP contribution >= 0.6 is 0 Å². The summed E-state index contributed by atoms with van der Waals surface area (Å²) in [5.41, 5.74) is 0. The van der Waals surface area contributed by atoms with Gasteiger partial charge in [-0.2, -0.15) is 0 Å².